The fourth-order valence-electron chi connectivity index (χ4n) is 4.30. The zero-order valence-corrected chi connectivity index (χ0v) is 18.9. The van der Waals surface area contributed by atoms with Crippen molar-refractivity contribution < 1.29 is 14.3 Å². The first kappa shape index (κ1) is 21.6. The number of carbonyl (C=O) groups is 2. The molecule has 1 atom stereocenters. The molecule has 0 radical (unpaired) electrons. The number of hydrogen-bond acceptors (Lipinski definition) is 4. The van der Waals surface area contributed by atoms with E-state index in [9.17, 15) is 9.59 Å². The molecular formula is C28H25N3O3. The molecule has 34 heavy (non-hydrogen) atoms. The first-order chi connectivity index (χ1) is 16.5. The largest absolute Gasteiger partial charge is 0.445 e. The van der Waals surface area contributed by atoms with Crippen LogP contribution < -0.4 is 5.32 Å². The van der Waals surface area contributed by atoms with Crippen molar-refractivity contribution in [2.45, 2.75) is 32.0 Å². The molecule has 0 saturated heterocycles. The third-order valence-corrected chi connectivity index (χ3v) is 6.07. The smallest absolute Gasteiger partial charge is 0.339 e. The third kappa shape index (κ3) is 4.35. The highest BCUT2D eigenvalue weighted by Crippen LogP contribution is 2.29. The molecule has 1 amide bonds. The van der Waals surface area contributed by atoms with E-state index in [0.717, 1.165) is 27.9 Å². The van der Waals surface area contributed by atoms with Crippen LogP contribution in [0.1, 0.15) is 34.0 Å². The Morgan fingerprint density at radius 3 is 2.44 bits per heavy atom. The van der Waals surface area contributed by atoms with Gasteiger partial charge in [0.2, 0.25) is 0 Å². The molecule has 0 fully saturated rings. The van der Waals surface area contributed by atoms with Crippen LogP contribution in [0, 0.1) is 0 Å². The van der Waals surface area contributed by atoms with Crippen LogP contribution in [0.5, 0.6) is 0 Å². The van der Waals surface area contributed by atoms with E-state index in [1.165, 1.54) is 0 Å². The second-order valence-electron chi connectivity index (χ2n) is 8.69. The van der Waals surface area contributed by atoms with Crippen molar-refractivity contribution in [3.05, 3.63) is 113 Å². The zero-order chi connectivity index (χ0) is 23.5. The predicted octanol–water partition coefficient (Wildman–Crippen LogP) is 4.39. The number of hydrogen-bond donors (Lipinski definition) is 1. The van der Waals surface area contributed by atoms with Crippen LogP contribution in [0.25, 0.3) is 11.3 Å². The first-order valence-corrected chi connectivity index (χ1v) is 11.3. The van der Waals surface area contributed by atoms with Crippen LogP contribution >= 0.6 is 0 Å². The minimum Gasteiger partial charge on any atom is -0.445 e. The molecule has 0 spiro atoms. The Balaban J connectivity index is 1.37. The molecule has 0 aliphatic carbocycles. The molecule has 5 rings (SSSR count). The van der Waals surface area contributed by atoms with Gasteiger partial charge >= 0.3 is 5.97 Å². The highest BCUT2D eigenvalue weighted by Gasteiger charge is 2.42. The molecule has 0 saturated carbocycles. The van der Waals surface area contributed by atoms with E-state index in [0.29, 0.717) is 18.5 Å². The minimum absolute atomic E-state index is 0.270. The number of fused-ring (bicyclic) bond motifs is 1. The first-order valence-electron chi connectivity index (χ1n) is 11.3. The van der Waals surface area contributed by atoms with Crippen molar-refractivity contribution >= 4 is 11.9 Å². The number of benzene rings is 3. The van der Waals surface area contributed by atoms with Crippen LogP contribution in [-0.2, 0) is 29.0 Å². The van der Waals surface area contributed by atoms with Crippen molar-refractivity contribution in [2.24, 2.45) is 0 Å². The second-order valence-corrected chi connectivity index (χ2v) is 8.69. The quantitative estimate of drug-likeness (QED) is 0.442. The van der Waals surface area contributed by atoms with E-state index >= 15 is 0 Å². The Labute approximate surface area is 198 Å². The molecule has 4 aromatic rings. The molecule has 2 heterocycles. The van der Waals surface area contributed by atoms with Crippen molar-refractivity contribution in [2.75, 3.05) is 0 Å². The highest BCUT2D eigenvalue weighted by molar-refractivity contribution is 5.97. The van der Waals surface area contributed by atoms with Crippen LogP contribution in [0.3, 0.4) is 0 Å². The van der Waals surface area contributed by atoms with Crippen molar-refractivity contribution in [1.82, 2.24) is 15.1 Å². The fraction of sp³-hybridized carbons (Fsp3) is 0.179. The highest BCUT2D eigenvalue weighted by atomic mass is 16.6. The SMILES string of the molecule is C[C@@]1(C(=O)NCc2cn(Cc3ccccc3)nc2-c2ccccc2)Cc2ccccc2C(=O)O1. The van der Waals surface area contributed by atoms with E-state index in [1.807, 2.05) is 71.5 Å². The summed E-state index contributed by atoms with van der Waals surface area (Å²) in [7, 11) is 0. The van der Waals surface area contributed by atoms with Gasteiger partial charge in [-0.2, -0.15) is 5.10 Å². The molecule has 1 aromatic heterocycles. The lowest BCUT2D eigenvalue weighted by Gasteiger charge is -2.33. The number of esters is 1. The number of ether oxygens (including phenoxy) is 1. The van der Waals surface area contributed by atoms with Crippen molar-refractivity contribution in [3.63, 3.8) is 0 Å². The molecule has 0 bridgehead atoms. The van der Waals surface area contributed by atoms with Crippen LogP contribution in [0.15, 0.2) is 91.1 Å². The molecule has 1 aliphatic heterocycles. The van der Waals surface area contributed by atoms with Crippen LogP contribution in [-0.4, -0.2) is 27.3 Å². The Morgan fingerprint density at radius 2 is 1.68 bits per heavy atom. The number of nitrogens with zero attached hydrogens (tertiary/aromatic N) is 2. The maximum absolute atomic E-state index is 13.2. The number of carbonyl (C=O) groups excluding carboxylic acids is 2. The van der Waals surface area contributed by atoms with Crippen molar-refractivity contribution in [3.8, 4) is 11.3 Å². The van der Waals surface area contributed by atoms with E-state index in [4.69, 9.17) is 9.84 Å². The standard InChI is InChI=1S/C28H25N3O3/c1-28(16-22-14-8-9-15-24(22)26(32)34-28)27(33)29-17-23-19-31(18-20-10-4-2-5-11-20)30-25(23)21-12-6-3-7-13-21/h2-15,19H,16-18H2,1H3,(H,29,33)/t28-/m0/s1. The summed E-state index contributed by atoms with van der Waals surface area (Å²) in [5.41, 5.74) is 3.88. The molecule has 1 N–H and O–H groups in total. The van der Waals surface area contributed by atoms with E-state index < -0.39 is 11.6 Å². The zero-order valence-electron chi connectivity index (χ0n) is 18.9. The topological polar surface area (TPSA) is 73.2 Å². The summed E-state index contributed by atoms with van der Waals surface area (Å²) in [4.78, 5) is 25.7. The van der Waals surface area contributed by atoms with Crippen molar-refractivity contribution in [1.29, 1.82) is 0 Å². The Bertz CT molecular complexity index is 1330. The van der Waals surface area contributed by atoms with Gasteiger partial charge in [0.05, 0.1) is 17.8 Å². The lowest BCUT2D eigenvalue weighted by molar-refractivity contribution is -0.139. The number of nitrogens with one attached hydrogen (secondary N) is 1. The lowest BCUT2D eigenvalue weighted by atomic mass is 9.89. The van der Waals surface area contributed by atoms with E-state index in [-0.39, 0.29) is 12.5 Å². The van der Waals surface area contributed by atoms with Gasteiger partial charge in [0.25, 0.3) is 5.91 Å². The summed E-state index contributed by atoms with van der Waals surface area (Å²) in [5, 5.41) is 7.78. The molecule has 170 valence electrons. The van der Waals surface area contributed by atoms with Gasteiger partial charge in [-0.3, -0.25) is 9.48 Å². The van der Waals surface area contributed by atoms with Crippen LogP contribution in [0.2, 0.25) is 0 Å². The maximum atomic E-state index is 13.2. The average molecular weight is 452 g/mol. The number of rotatable bonds is 6. The Hall–Kier alpha value is -4.19. The maximum Gasteiger partial charge on any atom is 0.339 e. The third-order valence-electron chi connectivity index (χ3n) is 6.07. The van der Waals surface area contributed by atoms with Gasteiger partial charge in [-0.25, -0.2) is 4.79 Å². The molecule has 6 heteroatoms. The number of amides is 1. The van der Waals surface area contributed by atoms with Gasteiger partial charge in [0.1, 0.15) is 0 Å². The predicted molar refractivity (Wildman–Crippen MR) is 129 cm³/mol. The van der Waals surface area contributed by atoms with Gasteiger partial charge in [-0.05, 0) is 24.1 Å². The summed E-state index contributed by atoms with van der Waals surface area (Å²) in [6.07, 6.45) is 2.29. The average Bonchev–Trinajstić information content (AvgIpc) is 3.26. The Kier molecular flexibility index (Phi) is 5.72. The van der Waals surface area contributed by atoms with Gasteiger partial charge in [0.15, 0.2) is 5.60 Å². The summed E-state index contributed by atoms with van der Waals surface area (Å²) >= 11 is 0. The minimum atomic E-state index is -1.27. The van der Waals surface area contributed by atoms with Gasteiger partial charge in [-0.1, -0.05) is 78.9 Å². The fourth-order valence-corrected chi connectivity index (χ4v) is 4.30. The summed E-state index contributed by atoms with van der Waals surface area (Å²) in [6, 6.07) is 27.2. The van der Waals surface area contributed by atoms with Gasteiger partial charge < -0.3 is 10.1 Å². The molecule has 6 nitrogen and oxygen atoms in total. The molecule has 0 unspecified atom stereocenters. The second kappa shape index (κ2) is 8.98. The molecular weight excluding hydrogens is 426 g/mol. The number of cyclic esters (lactones) is 1. The van der Waals surface area contributed by atoms with Crippen LogP contribution in [0.4, 0.5) is 0 Å². The molecule has 1 aliphatic rings. The van der Waals surface area contributed by atoms with Gasteiger partial charge in [-0.15, -0.1) is 0 Å². The number of aromatic nitrogens is 2. The van der Waals surface area contributed by atoms with Gasteiger partial charge in [0, 0.05) is 30.3 Å². The normalized spacial score (nSPS) is 17.0. The summed E-state index contributed by atoms with van der Waals surface area (Å²) < 4.78 is 7.46. The summed E-state index contributed by atoms with van der Waals surface area (Å²) in [5.74, 6) is -0.801. The molecule has 3 aromatic carbocycles. The Morgan fingerprint density at radius 1 is 1.00 bits per heavy atom. The van der Waals surface area contributed by atoms with E-state index in [2.05, 4.69) is 17.4 Å². The summed E-state index contributed by atoms with van der Waals surface area (Å²) in [6.45, 7) is 2.56. The monoisotopic (exact) mass is 451 g/mol. The lowest BCUT2D eigenvalue weighted by Crippen LogP contribution is -2.51. The van der Waals surface area contributed by atoms with E-state index in [1.54, 1.807) is 19.1 Å².